The number of amides is 1. The van der Waals surface area contributed by atoms with E-state index < -0.39 is 0 Å². The van der Waals surface area contributed by atoms with Gasteiger partial charge in [0.15, 0.2) is 11.5 Å². The van der Waals surface area contributed by atoms with E-state index in [1.54, 1.807) is 14.2 Å². The highest BCUT2D eigenvalue weighted by molar-refractivity contribution is 6.14. The van der Waals surface area contributed by atoms with E-state index >= 15 is 0 Å². The number of rotatable bonds is 10. The molecule has 0 aromatic heterocycles. The van der Waals surface area contributed by atoms with Crippen LogP contribution in [0.4, 0.5) is 0 Å². The van der Waals surface area contributed by atoms with Crippen LogP contribution < -0.4 is 14.8 Å². The maximum absolute atomic E-state index is 14.0. The van der Waals surface area contributed by atoms with Crippen LogP contribution in [0.15, 0.2) is 77.8 Å². The third kappa shape index (κ3) is 6.19. The van der Waals surface area contributed by atoms with Gasteiger partial charge in [0.1, 0.15) is 0 Å². The predicted octanol–water partition coefficient (Wildman–Crippen LogP) is 6.58. The van der Waals surface area contributed by atoms with Crippen LogP contribution in [0.5, 0.6) is 11.5 Å². The highest BCUT2D eigenvalue weighted by Crippen LogP contribution is 2.38. The molecule has 5 heteroatoms. The minimum Gasteiger partial charge on any atom is -0.493 e. The predicted molar refractivity (Wildman–Crippen MR) is 157 cm³/mol. The molecule has 1 aliphatic heterocycles. The normalized spacial score (nSPS) is 16.2. The number of benzene rings is 3. The topological polar surface area (TPSA) is 59.9 Å². The van der Waals surface area contributed by atoms with Crippen molar-refractivity contribution in [2.24, 2.45) is 16.8 Å². The molecular formula is C34H40N2O3. The second-order valence-corrected chi connectivity index (χ2v) is 10.7. The van der Waals surface area contributed by atoms with Gasteiger partial charge in [0.25, 0.3) is 0 Å². The number of hydrogen-bond acceptors (Lipinski definition) is 4. The molecule has 3 aromatic carbocycles. The maximum atomic E-state index is 14.0. The van der Waals surface area contributed by atoms with Crippen molar-refractivity contribution in [3.05, 3.63) is 95.1 Å². The number of nitrogens with one attached hydrogen (secondary N) is 1. The summed E-state index contributed by atoms with van der Waals surface area (Å²) in [6, 6.07) is 25.3. The number of fused-ring (bicyclic) bond motifs is 1. The van der Waals surface area contributed by atoms with Crippen molar-refractivity contribution in [3.63, 3.8) is 0 Å². The van der Waals surface area contributed by atoms with E-state index in [4.69, 9.17) is 14.5 Å². The molecule has 39 heavy (non-hydrogen) atoms. The van der Waals surface area contributed by atoms with Crippen molar-refractivity contribution in [1.29, 1.82) is 0 Å². The fourth-order valence-electron chi connectivity index (χ4n) is 6.39. The molecule has 5 rings (SSSR count). The Morgan fingerprint density at radius 1 is 0.897 bits per heavy atom. The molecule has 1 fully saturated rings. The minimum atomic E-state index is -0.255. The van der Waals surface area contributed by atoms with E-state index in [-0.39, 0.29) is 17.7 Å². The van der Waals surface area contributed by atoms with Gasteiger partial charge in [-0.3, -0.25) is 9.79 Å². The summed E-state index contributed by atoms with van der Waals surface area (Å²) in [5.74, 6) is 1.78. The van der Waals surface area contributed by atoms with Crippen molar-refractivity contribution in [3.8, 4) is 11.5 Å². The van der Waals surface area contributed by atoms with Gasteiger partial charge >= 0.3 is 0 Å². The molecular weight excluding hydrogens is 484 g/mol. The zero-order chi connectivity index (χ0) is 27.0. The molecule has 5 nitrogen and oxygen atoms in total. The molecule has 1 N–H and O–H groups in total. The number of carbonyl (C=O) groups is 1. The molecule has 0 radical (unpaired) electrons. The lowest BCUT2D eigenvalue weighted by atomic mass is 9.74. The first-order valence-electron chi connectivity index (χ1n) is 14.4. The number of carbonyl (C=O) groups excluding carboxylic acids is 1. The molecule has 3 aromatic rings. The lowest BCUT2D eigenvalue weighted by Crippen LogP contribution is -2.42. The summed E-state index contributed by atoms with van der Waals surface area (Å²) < 4.78 is 11.2. The Kier molecular flexibility index (Phi) is 8.97. The molecule has 1 atom stereocenters. The Morgan fingerprint density at radius 2 is 1.51 bits per heavy atom. The van der Waals surface area contributed by atoms with Crippen LogP contribution >= 0.6 is 0 Å². The van der Waals surface area contributed by atoms with Crippen LogP contribution in [0.2, 0.25) is 0 Å². The summed E-state index contributed by atoms with van der Waals surface area (Å²) in [5, 5.41) is 3.35. The van der Waals surface area contributed by atoms with Crippen molar-refractivity contribution >= 4 is 11.6 Å². The molecule has 2 aliphatic rings. The van der Waals surface area contributed by atoms with Gasteiger partial charge in [-0.05, 0) is 60.4 Å². The van der Waals surface area contributed by atoms with Gasteiger partial charge in [0.05, 0.1) is 25.8 Å². The molecule has 0 bridgehead atoms. The molecule has 204 valence electrons. The highest BCUT2D eigenvalue weighted by Gasteiger charge is 2.36. The molecule has 0 spiro atoms. The summed E-state index contributed by atoms with van der Waals surface area (Å²) >= 11 is 0. The second kappa shape index (κ2) is 13.0. The van der Waals surface area contributed by atoms with Crippen molar-refractivity contribution in [2.75, 3.05) is 27.3 Å². The van der Waals surface area contributed by atoms with Gasteiger partial charge < -0.3 is 14.8 Å². The molecule has 1 amide bonds. The van der Waals surface area contributed by atoms with Crippen LogP contribution in [0.1, 0.15) is 66.7 Å². The summed E-state index contributed by atoms with van der Waals surface area (Å²) in [6.45, 7) is 1.31. The first-order valence-corrected chi connectivity index (χ1v) is 14.4. The van der Waals surface area contributed by atoms with Gasteiger partial charge in [-0.15, -0.1) is 0 Å². The summed E-state index contributed by atoms with van der Waals surface area (Å²) in [7, 11) is 3.32. The molecule has 1 heterocycles. The Hall–Kier alpha value is -3.60. The van der Waals surface area contributed by atoms with Crippen LogP contribution in [0, 0.1) is 11.8 Å². The molecule has 1 aliphatic carbocycles. The fourth-order valence-corrected chi connectivity index (χ4v) is 6.39. The average molecular weight is 525 g/mol. The Labute approximate surface area is 232 Å². The number of hydrogen-bond donors (Lipinski definition) is 1. The van der Waals surface area contributed by atoms with Crippen molar-refractivity contribution in [1.82, 2.24) is 5.32 Å². The molecule has 1 saturated carbocycles. The minimum absolute atomic E-state index is 0.100. The van der Waals surface area contributed by atoms with Gasteiger partial charge in [-0.1, -0.05) is 79.9 Å². The quantitative estimate of drug-likeness (QED) is 0.326. The smallest absolute Gasteiger partial charge is 0.229 e. The first kappa shape index (κ1) is 27.0. The number of aliphatic imine (C=N–C) groups is 1. The second-order valence-electron chi connectivity index (χ2n) is 10.7. The van der Waals surface area contributed by atoms with E-state index in [0.717, 1.165) is 42.7 Å². The van der Waals surface area contributed by atoms with Gasteiger partial charge in [0.2, 0.25) is 5.91 Å². The molecule has 0 saturated heterocycles. The SMILES string of the molecule is COc1cc2c(cc1OC)C(C(C(=O)NCCC(c1ccccc1)c1ccccc1)C1CCCCC1)=NCC2. The number of methoxy groups -OCH3 is 2. The molecule has 1 unspecified atom stereocenters. The average Bonchev–Trinajstić information content (AvgIpc) is 3.00. The highest BCUT2D eigenvalue weighted by atomic mass is 16.5. The van der Waals surface area contributed by atoms with E-state index in [0.29, 0.717) is 24.8 Å². The van der Waals surface area contributed by atoms with Crippen LogP contribution in [-0.2, 0) is 11.2 Å². The van der Waals surface area contributed by atoms with Crippen LogP contribution in [0.3, 0.4) is 0 Å². The third-order valence-electron chi connectivity index (χ3n) is 8.38. The lowest BCUT2D eigenvalue weighted by Gasteiger charge is -2.33. The third-order valence-corrected chi connectivity index (χ3v) is 8.38. The van der Waals surface area contributed by atoms with E-state index in [9.17, 15) is 4.79 Å². The zero-order valence-electron chi connectivity index (χ0n) is 23.2. The maximum Gasteiger partial charge on any atom is 0.229 e. The van der Waals surface area contributed by atoms with E-state index in [2.05, 4.69) is 72.0 Å². The first-order chi connectivity index (χ1) is 19.2. The summed E-state index contributed by atoms with van der Waals surface area (Å²) in [6.07, 6.45) is 7.40. The zero-order valence-corrected chi connectivity index (χ0v) is 23.2. The van der Waals surface area contributed by atoms with Crippen molar-refractivity contribution in [2.45, 2.75) is 50.9 Å². The van der Waals surface area contributed by atoms with Crippen molar-refractivity contribution < 1.29 is 14.3 Å². The van der Waals surface area contributed by atoms with Gasteiger partial charge in [-0.25, -0.2) is 0 Å². The monoisotopic (exact) mass is 524 g/mol. The fraction of sp³-hybridized carbons (Fsp3) is 0.412. The Balaban J connectivity index is 1.38. The summed E-state index contributed by atoms with van der Waals surface area (Å²) in [4.78, 5) is 19.0. The van der Waals surface area contributed by atoms with Gasteiger partial charge in [0, 0.05) is 24.6 Å². The van der Waals surface area contributed by atoms with E-state index in [1.807, 2.05) is 6.07 Å². The largest absolute Gasteiger partial charge is 0.493 e. The van der Waals surface area contributed by atoms with E-state index in [1.165, 1.54) is 36.0 Å². The Morgan fingerprint density at radius 3 is 2.13 bits per heavy atom. The lowest BCUT2D eigenvalue weighted by molar-refractivity contribution is -0.124. The van der Waals surface area contributed by atoms with Gasteiger partial charge in [-0.2, -0.15) is 0 Å². The number of ether oxygens (including phenoxy) is 2. The summed E-state index contributed by atoms with van der Waals surface area (Å²) in [5.41, 5.74) is 5.68. The number of nitrogens with zero attached hydrogens (tertiary/aromatic N) is 1. The van der Waals surface area contributed by atoms with Crippen LogP contribution in [0.25, 0.3) is 0 Å². The Bertz CT molecular complexity index is 1230. The standard InChI is InChI=1S/C34H40N2O3/c1-38-30-22-27-18-20-35-33(29(27)23-31(30)39-2)32(26-16-10-5-11-17-26)34(37)36-21-19-28(24-12-6-3-7-13-24)25-14-8-4-9-15-25/h3-4,6-9,12-15,22-23,26,28,32H,5,10-11,16-21H2,1-2H3,(H,36,37). The van der Waals surface area contributed by atoms with Crippen LogP contribution in [-0.4, -0.2) is 38.9 Å².